The molecule has 0 aliphatic rings. The molecule has 5 nitrogen and oxygen atoms in total. The summed E-state index contributed by atoms with van der Waals surface area (Å²) in [5.74, 6) is -1.87. The molecule has 2 aromatic rings. The predicted octanol–water partition coefficient (Wildman–Crippen LogP) is 3.53. The molecule has 0 aliphatic heterocycles. The van der Waals surface area contributed by atoms with E-state index in [0.29, 0.717) is 0 Å². The summed E-state index contributed by atoms with van der Waals surface area (Å²) in [5, 5.41) is 3.72. The van der Waals surface area contributed by atoms with Gasteiger partial charge in [-0.15, -0.1) is 4.98 Å². The van der Waals surface area contributed by atoms with E-state index in [4.69, 9.17) is 6.57 Å². The van der Waals surface area contributed by atoms with E-state index in [1.807, 2.05) is 0 Å². The minimum Gasteiger partial charge on any atom is -0.360 e. The predicted molar refractivity (Wildman–Crippen MR) is 75.7 cm³/mol. The Labute approximate surface area is 134 Å². The van der Waals surface area contributed by atoms with Crippen molar-refractivity contribution < 1.29 is 22.4 Å². The Morgan fingerprint density at radius 1 is 1.33 bits per heavy atom. The van der Waals surface area contributed by atoms with E-state index in [1.165, 1.54) is 13.8 Å². The normalized spacial score (nSPS) is 12.0. The molecule has 0 radical (unpaired) electrons. The van der Waals surface area contributed by atoms with Crippen molar-refractivity contribution in [3.05, 3.63) is 53.0 Å². The van der Waals surface area contributed by atoms with Gasteiger partial charge < -0.3 is 4.85 Å². The third-order valence-electron chi connectivity index (χ3n) is 3.51. The van der Waals surface area contributed by atoms with Crippen LogP contribution >= 0.6 is 0 Å². The number of hydrogen-bond donors (Lipinski definition) is 0. The van der Waals surface area contributed by atoms with E-state index in [1.54, 1.807) is 0 Å². The van der Waals surface area contributed by atoms with Crippen LogP contribution in [0.4, 0.5) is 23.4 Å². The van der Waals surface area contributed by atoms with Crippen LogP contribution in [0.3, 0.4) is 0 Å². The molecule has 9 heteroatoms. The van der Waals surface area contributed by atoms with Crippen molar-refractivity contribution in [2.45, 2.75) is 32.0 Å². The quantitative estimate of drug-likeness (QED) is 0.632. The van der Waals surface area contributed by atoms with Crippen LogP contribution in [0.5, 0.6) is 0 Å². The van der Waals surface area contributed by atoms with Gasteiger partial charge in [0.05, 0.1) is 18.0 Å². The van der Waals surface area contributed by atoms with E-state index in [2.05, 4.69) is 14.9 Å². The SMILES string of the molecule is [C-]#[N+]c1ncc(CC(=O)C(C)(C)n2cc(F)cn2)cc1C(F)(F)F. The Morgan fingerprint density at radius 2 is 2.00 bits per heavy atom. The standard InChI is InChI=1S/C15H12F4N4O/c1-14(2,23-8-10(16)7-22-23)12(24)5-9-4-11(15(17,18)19)13(20-3)21-6-9/h4,6-8H,5H2,1-2H3. The van der Waals surface area contributed by atoms with Crippen molar-refractivity contribution in [2.75, 3.05) is 0 Å². The van der Waals surface area contributed by atoms with Crippen LogP contribution in [0, 0.1) is 12.4 Å². The van der Waals surface area contributed by atoms with Gasteiger partial charge in [0, 0.05) is 12.0 Å². The summed E-state index contributed by atoms with van der Waals surface area (Å²) in [5.41, 5.74) is -2.42. The smallest absolute Gasteiger partial charge is 0.360 e. The molecule has 0 amide bonds. The van der Waals surface area contributed by atoms with Crippen molar-refractivity contribution in [3.63, 3.8) is 0 Å². The van der Waals surface area contributed by atoms with Gasteiger partial charge in [0.1, 0.15) is 11.7 Å². The lowest BCUT2D eigenvalue weighted by Gasteiger charge is -2.23. The molecule has 0 bridgehead atoms. The Kier molecular flexibility index (Phi) is 4.42. The van der Waals surface area contributed by atoms with Crippen LogP contribution in [0.1, 0.15) is 25.0 Å². The van der Waals surface area contributed by atoms with Gasteiger partial charge in [0.2, 0.25) is 0 Å². The highest BCUT2D eigenvalue weighted by molar-refractivity contribution is 5.87. The molecule has 2 heterocycles. The second kappa shape index (κ2) is 6.03. The monoisotopic (exact) mass is 340 g/mol. The van der Waals surface area contributed by atoms with Crippen molar-refractivity contribution in [1.29, 1.82) is 0 Å². The fourth-order valence-electron chi connectivity index (χ4n) is 2.03. The van der Waals surface area contributed by atoms with Crippen LogP contribution in [-0.4, -0.2) is 20.5 Å². The number of halogens is 4. The van der Waals surface area contributed by atoms with Gasteiger partial charge in [0.15, 0.2) is 11.6 Å². The number of alkyl halides is 3. The molecular weight excluding hydrogens is 328 g/mol. The lowest BCUT2D eigenvalue weighted by Crippen LogP contribution is -2.37. The zero-order valence-electron chi connectivity index (χ0n) is 12.7. The summed E-state index contributed by atoms with van der Waals surface area (Å²) >= 11 is 0. The molecule has 0 unspecified atom stereocenters. The molecular formula is C15H12F4N4O. The maximum atomic E-state index is 13.1. The van der Waals surface area contributed by atoms with Crippen LogP contribution in [0.25, 0.3) is 4.85 Å². The fraction of sp³-hybridized carbons (Fsp3) is 0.333. The number of hydrogen-bond acceptors (Lipinski definition) is 3. The minimum absolute atomic E-state index is 0.0143. The maximum Gasteiger partial charge on any atom is 0.409 e. The number of rotatable bonds is 4. The summed E-state index contributed by atoms with van der Waals surface area (Å²) in [6.07, 6.45) is -2.09. The largest absolute Gasteiger partial charge is 0.409 e. The summed E-state index contributed by atoms with van der Waals surface area (Å²) in [4.78, 5) is 18.6. The number of ketones is 1. The second-order valence-electron chi connectivity index (χ2n) is 5.59. The number of carbonyl (C=O) groups is 1. The van der Waals surface area contributed by atoms with Gasteiger partial charge in [-0.25, -0.2) is 4.39 Å². The Hall–Kier alpha value is -2.76. The first-order valence-electron chi connectivity index (χ1n) is 6.73. The van der Waals surface area contributed by atoms with Crippen molar-refractivity contribution >= 4 is 11.6 Å². The number of nitrogens with zero attached hydrogens (tertiary/aromatic N) is 4. The number of carbonyl (C=O) groups excluding carboxylic acids is 1. The Balaban J connectivity index is 2.31. The third kappa shape index (κ3) is 3.42. The first-order valence-corrected chi connectivity index (χ1v) is 6.73. The van der Waals surface area contributed by atoms with Gasteiger partial charge in [-0.1, -0.05) is 12.6 Å². The van der Waals surface area contributed by atoms with Crippen LogP contribution < -0.4 is 0 Å². The van der Waals surface area contributed by atoms with Crippen molar-refractivity contribution in [1.82, 2.24) is 14.8 Å². The van der Waals surface area contributed by atoms with Crippen LogP contribution in [0.15, 0.2) is 24.7 Å². The second-order valence-corrected chi connectivity index (χ2v) is 5.59. The fourth-order valence-corrected chi connectivity index (χ4v) is 2.03. The molecule has 0 atom stereocenters. The average Bonchev–Trinajstić information content (AvgIpc) is 2.93. The van der Waals surface area contributed by atoms with Crippen molar-refractivity contribution in [2.24, 2.45) is 0 Å². The van der Waals surface area contributed by atoms with Gasteiger partial charge >= 0.3 is 6.18 Å². The highest BCUT2D eigenvalue weighted by atomic mass is 19.4. The Morgan fingerprint density at radius 3 is 2.50 bits per heavy atom. The molecule has 0 fully saturated rings. The Bertz CT molecular complexity index is 818. The van der Waals surface area contributed by atoms with E-state index in [0.717, 1.165) is 29.3 Å². The van der Waals surface area contributed by atoms with Crippen molar-refractivity contribution in [3.8, 4) is 0 Å². The zero-order chi connectivity index (χ0) is 18.1. The summed E-state index contributed by atoms with van der Waals surface area (Å²) in [6.45, 7) is 9.70. The highest BCUT2D eigenvalue weighted by Gasteiger charge is 2.36. The molecule has 0 saturated heterocycles. The first kappa shape index (κ1) is 17.6. The molecule has 0 aromatic carbocycles. The van der Waals surface area contributed by atoms with E-state index < -0.39 is 34.7 Å². The number of aromatic nitrogens is 3. The first-order chi connectivity index (χ1) is 11.1. The average molecular weight is 340 g/mol. The molecule has 2 aromatic heterocycles. The summed E-state index contributed by atoms with van der Waals surface area (Å²) in [6, 6.07) is 0.734. The van der Waals surface area contributed by atoms with Gasteiger partial charge in [0.25, 0.3) is 5.82 Å². The molecule has 24 heavy (non-hydrogen) atoms. The summed E-state index contributed by atoms with van der Waals surface area (Å²) < 4.78 is 53.0. The van der Waals surface area contributed by atoms with Crippen LogP contribution in [0.2, 0.25) is 0 Å². The molecule has 0 aliphatic carbocycles. The summed E-state index contributed by atoms with van der Waals surface area (Å²) in [7, 11) is 0. The molecule has 0 N–H and O–H groups in total. The molecule has 0 spiro atoms. The highest BCUT2D eigenvalue weighted by Crippen LogP contribution is 2.35. The lowest BCUT2D eigenvalue weighted by atomic mass is 9.94. The van der Waals surface area contributed by atoms with E-state index in [-0.39, 0.29) is 12.0 Å². The van der Waals surface area contributed by atoms with Gasteiger partial charge in [-0.2, -0.15) is 18.3 Å². The van der Waals surface area contributed by atoms with E-state index >= 15 is 0 Å². The molecule has 2 rings (SSSR count). The number of Topliss-reactive ketones (excluding diaryl/α,β-unsaturated/α-hetero) is 1. The van der Waals surface area contributed by atoms with Crippen LogP contribution in [-0.2, 0) is 22.9 Å². The lowest BCUT2D eigenvalue weighted by molar-refractivity contribution is -0.137. The van der Waals surface area contributed by atoms with Gasteiger partial charge in [-0.05, 0) is 13.8 Å². The topological polar surface area (TPSA) is 52.1 Å². The minimum atomic E-state index is -4.74. The third-order valence-corrected chi connectivity index (χ3v) is 3.51. The molecule has 0 saturated carbocycles. The zero-order valence-corrected chi connectivity index (χ0v) is 12.7. The maximum absolute atomic E-state index is 13.1. The van der Waals surface area contributed by atoms with E-state index in [9.17, 15) is 22.4 Å². The number of pyridine rings is 1. The molecule has 126 valence electrons. The van der Waals surface area contributed by atoms with Gasteiger partial charge in [-0.3, -0.25) is 9.48 Å².